The molecule has 0 spiro atoms. The molecule has 0 aliphatic carbocycles. The van der Waals surface area contributed by atoms with Gasteiger partial charge >= 0.3 is 5.97 Å². The van der Waals surface area contributed by atoms with Crippen LogP contribution in [-0.4, -0.2) is 53.5 Å². The second-order valence-corrected chi connectivity index (χ2v) is 12.4. The zero-order valence-corrected chi connectivity index (χ0v) is 22.8. The van der Waals surface area contributed by atoms with Crippen molar-refractivity contribution in [2.45, 2.75) is 42.5 Å². The molecule has 1 N–H and O–H groups in total. The summed E-state index contributed by atoms with van der Waals surface area (Å²) in [6.45, 7) is 2.65. The molecule has 194 valence electrons. The third-order valence-corrected chi connectivity index (χ3v) is 9.48. The van der Waals surface area contributed by atoms with E-state index in [1.807, 2.05) is 36.0 Å². The van der Waals surface area contributed by atoms with Crippen molar-refractivity contribution in [3.05, 3.63) is 52.5 Å². The highest BCUT2D eigenvalue weighted by atomic mass is 35.5. The fourth-order valence-electron chi connectivity index (χ4n) is 5.09. The van der Waals surface area contributed by atoms with Crippen molar-refractivity contribution >= 4 is 51.6 Å². The lowest BCUT2D eigenvalue weighted by atomic mass is 9.79. The molecule has 2 aromatic heterocycles. The Kier molecular flexibility index (Phi) is 9.87. The van der Waals surface area contributed by atoms with Crippen LogP contribution in [0, 0.1) is 11.8 Å². The molecule has 4 rings (SSSR count). The van der Waals surface area contributed by atoms with E-state index >= 15 is 4.39 Å². The second kappa shape index (κ2) is 13.1. The molecule has 9 heteroatoms. The second-order valence-electron chi connectivity index (χ2n) is 9.30. The number of rotatable bonds is 12. The lowest BCUT2D eigenvalue weighted by molar-refractivity contribution is -0.139. The van der Waals surface area contributed by atoms with Crippen LogP contribution < -0.4 is 4.74 Å². The summed E-state index contributed by atoms with van der Waals surface area (Å²) in [5.41, 5.74) is 1.36. The van der Waals surface area contributed by atoms with Crippen molar-refractivity contribution in [3.8, 4) is 5.75 Å². The molecule has 3 atom stereocenters. The number of carbonyl (C=O) groups is 1. The smallest absolute Gasteiger partial charge is 0.303 e. The number of piperidine rings is 1. The number of alkyl halides is 1. The van der Waals surface area contributed by atoms with Crippen molar-refractivity contribution in [1.29, 1.82) is 0 Å². The van der Waals surface area contributed by atoms with Gasteiger partial charge in [0.25, 0.3) is 0 Å². The number of nitrogens with zero attached hydrogens (tertiary/aromatic N) is 2. The first-order chi connectivity index (χ1) is 17.4. The molecule has 1 fully saturated rings. The molecule has 0 bridgehead atoms. The maximum Gasteiger partial charge on any atom is 0.303 e. The van der Waals surface area contributed by atoms with Crippen LogP contribution in [0.15, 0.2) is 46.8 Å². The number of likely N-dealkylation sites (tertiary alicyclic amines) is 1. The topological polar surface area (TPSA) is 62.7 Å². The first kappa shape index (κ1) is 27.2. The molecule has 36 heavy (non-hydrogen) atoms. The van der Waals surface area contributed by atoms with Crippen LogP contribution in [-0.2, 0) is 4.79 Å². The molecule has 1 aliphatic heterocycles. The van der Waals surface area contributed by atoms with E-state index in [-0.39, 0.29) is 18.3 Å². The van der Waals surface area contributed by atoms with Gasteiger partial charge in [-0.2, -0.15) is 0 Å². The Hall–Kier alpha value is -1.87. The van der Waals surface area contributed by atoms with Crippen LogP contribution in [0.5, 0.6) is 5.75 Å². The molecule has 1 saturated heterocycles. The zero-order valence-electron chi connectivity index (χ0n) is 20.4. The van der Waals surface area contributed by atoms with Crippen LogP contribution in [0.2, 0.25) is 4.34 Å². The van der Waals surface area contributed by atoms with Gasteiger partial charge in [0.2, 0.25) is 0 Å². The maximum absolute atomic E-state index is 15.5. The lowest BCUT2D eigenvalue weighted by Gasteiger charge is -2.38. The Balaban J connectivity index is 1.31. The lowest BCUT2D eigenvalue weighted by Crippen LogP contribution is -2.42. The number of carboxylic acid groups (broad SMARTS) is 1. The summed E-state index contributed by atoms with van der Waals surface area (Å²) in [5, 5.41) is 10.3. The highest BCUT2D eigenvalue weighted by molar-refractivity contribution is 8.01. The van der Waals surface area contributed by atoms with Crippen molar-refractivity contribution in [2.24, 2.45) is 11.8 Å². The van der Waals surface area contributed by atoms with Crippen LogP contribution in [0.25, 0.3) is 10.9 Å². The monoisotopic (exact) mass is 550 g/mol. The molecular formula is C27H32ClFN2O3S2. The number of halogens is 2. The average Bonchev–Trinajstić information content (AvgIpc) is 3.29. The summed E-state index contributed by atoms with van der Waals surface area (Å²) in [5.74, 6) is 1.16. The number of fused-ring (bicyclic) bond motifs is 1. The van der Waals surface area contributed by atoms with Crippen molar-refractivity contribution in [3.63, 3.8) is 0 Å². The van der Waals surface area contributed by atoms with Crippen molar-refractivity contribution < 1.29 is 19.0 Å². The number of aliphatic carboxylic acids is 1. The standard InChI is InChI=1S/C27H32ClFN2O3S2/c1-34-20-4-6-24-22(16-20)21(9-11-30-24)23(29)5-3-18-10-13-31(17-19(18)15-26(32)33)12-2-14-35-27-8-7-25(28)36-27/h4,6-9,11,16,18-19,23H,2-3,5,10,12-15,17H2,1H3,(H,32,33)/t18-,19+,23+/m1/s1. The number of hydrogen-bond donors (Lipinski definition) is 1. The van der Waals surface area contributed by atoms with Crippen LogP contribution in [0.4, 0.5) is 4.39 Å². The number of methoxy groups -OCH3 is 1. The van der Waals surface area contributed by atoms with Gasteiger partial charge in [0.15, 0.2) is 0 Å². The highest BCUT2D eigenvalue weighted by Crippen LogP contribution is 2.36. The molecule has 0 radical (unpaired) electrons. The van der Waals surface area contributed by atoms with Crippen molar-refractivity contribution in [2.75, 3.05) is 32.5 Å². The van der Waals surface area contributed by atoms with E-state index in [9.17, 15) is 9.90 Å². The van der Waals surface area contributed by atoms with Crippen molar-refractivity contribution in [1.82, 2.24) is 9.88 Å². The SMILES string of the molecule is COc1ccc2nccc([C@@H](F)CC[C@@H]3CCN(CCCSc4ccc(Cl)s4)C[C@@H]3CC(=O)O)c2c1. The number of pyridine rings is 1. The van der Waals surface area contributed by atoms with Crippen LogP contribution >= 0.6 is 34.7 Å². The Morgan fingerprint density at radius 1 is 1.33 bits per heavy atom. The molecule has 0 saturated carbocycles. The molecule has 1 aromatic carbocycles. The Labute approximate surface area is 225 Å². The van der Waals surface area contributed by atoms with Gasteiger partial charge in [0.1, 0.15) is 11.9 Å². The maximum atomic E-state index is 15.5. The van der Waals surface area contributed by atoms with Gasteiger partial charge in [-0.05, 0) is 92.6 Å². The molecule has 1 aliphatic rings. The fourth-order valence-corrected chi connectivity index (χ4v) is 7.40. The summed E-state index contributed by atoms with van der Waals surface area (Å²) in [6, 6.07) is 11.2. The third-order valence-electron chi connectivity index (χ3n) is 6.93. The van der Waals surface area contributed by atoms with E-state index in [1.54, 1.807) is 30.7 Å². The van der Waals surface area contributed by atoms with Gasteiger partial charge in [-0.1, -0.05) is 11.6 Å². The number of ether oxygens (including phenoxy) is 1. The van der Waals surface area contributed by atoms with Crippen LogP contribution in [0.1, 0.15) is 43.8 Å². The molecule has 3 heterocycles. The summed E-state index contributed by atoms with van der Waals surface area (Å²) in [4.78, 5) is 18.3. The first-order valence-electron chi connectivity index (χ1n) is 12.3. The predicted octanol–water partition coefficient (Wildman–Crippen LogP) is 7.34. The number of thioether (sulfide) groups is 1. The third kappa shape index (κ3) is 7.34. The van der Waals surface area contributed by atoms with E-state index < -0.39 is 12.1 Å². The predicted molar refractivity (Wildman–Crippen MR) is 146 cm³/mol. The van der Waals surface area contributed by atoms with E-state index in [0.717, 1.165) is 53.5 Å². The van der Waals surface area contributed by atoms with E-state index in [1.165, 1.54) is 4.21 Å². The van der Waals surface area contributed by atoms with E-state index in [2.05, 4.69) is 16.0 Å². The molecule has 0 unspecified atom stereocenters. The molecule has 5 nitrogen and oxygen atoms in total. The average molecular weight is 551 g/mol. The summed E-state index contributed by atoms with van der Waals surface area (Å²) in [6.07, 6.45) is 3.64. The Bertz CT molecular complexity index is 1160. The summed E-state index contributed by atoms with van der Waals surface area (Å²) < 4.78 is 22.8. The number of hydrogen-bond acceptors (Lipinski definition) is 6. The largest absolute Gasteiger partial charge is 0.497 e. The quantitative estimate of drug-likeness (QED) is 0.188. The van der Waals surface area contributed by atoms with Gasteiger partial charge in [-0.3, -0.25) is 9.78 Å². The van der Waals surface area contributed by atoms with Gasteiger partial charge < -0.3 is 14.7 Å². The molecule has 3 aromatic rings. The Morgan fingerprint density at radius 3 is 2.94 bits per heavy atom. The van der Waals surface area contributed by atoms with E-state index in [4.69, 9.17) is 16.3 Å². The van der Waals surface area contributed by atoms with E-state index in [0.29, 0.717) is 24.2 Å². The molecule has 0 amide bonds. The minimum absolute atomic E-state index is 0.0430. The zero-order chi connectivity index (χ0) is 25.5. The summed E-state index contributed by atoms with van der Waals surface area (Å²) >= 11 is 9.41. The molecular weight excluding hydrogens is 519 g/mol. The number of benzene rings is 1. The minimum Gasteiger partial charge on any atom is -0.497 e. The first-order valence-corrected chi connectivity index (χ1v) is 14.5. The summed E-state index contributed by atoms with van der Waals surface area (Å²) in [7, 11) is 1.59. The minimum atomic E-state index is -1.13. The van der Waals surface area contributed by atoms with Gasteiger partial charge in [-0.25, -0.2) is 4.39 Å². The highest BCUT2D eigenvalue weighted by Gasteiger charge is 2.31. The fraction of sp³-hybridized carbons (Fsp3) is 0.481. The number of thiophene rings is 1. The number of carboxylic acids is 1. The number of aromatic nitrogens is 1. The normalized spacial score (nSPS) is 19.4. The van der Waals surface area contributed by atoms with Gasteiger partial charge in [-0.15, -0.1) is 23.1 Å². The Morgan fingerprint density at radius 2 is 2.19 bits per heavy atom. The van der Waals surface area contributed by atoms with Gasteiger partial charge in [0, 0.05) is 30.3 Å². The van der Waals surface area contributed by atoms with Gasteiger partial charge in [0.05, 0.1) is 21.2 Å². The van der Waals surface area contributed by atoms with Crippen LogP contribution in [0.3, 0.4) is 0 Å².